The molecule has 0 N–H and O–H groups in total. The first-order valence-electron chi connectivity index (χ1n) is 25.6. The zero-order valence-electron chi connectivity index (χ0n) is 39.7. The summed E-state index contributed by atoms with van der Waals surface area (Å²) < 4.78 is 16.8. The summed E-state index contributed by atoms with van der Waals surface area (Å²) in [6.45, 7) is 6.50. The van der Waals surface area contributed by atoms with Crippen LogP contribution < -0.4 is 0 Å². The SMILES string of the molecule is CC/C=C\C/C=C\C/C=C\CCCCCCCCC(=O)OCC(COC(=O)CCCCCCC/C=C\CCCCC)OC(=O)CCCCCCCCCCCCCCCC. The molecule has 6 nitrogen and oxygen atoms in total. The molecule has 60 heavy (non-hydrogen) atoms. The number of hydrogen-bond acceptors (Lipinski definition) is 6. The number of allylic oxidation sites excluding steroid dienone is 8. The zero-order chi connectivity index (χ0) is 43.7. The van der Waals surface area contributed by atoms with Crippen molar-refractivity contribution in [3.63, 3.8) is 0 Å². The van der Waals surface area contributed by atoms with Crippen LogP contribution in [0.3, 0.4) is 0 Å². The van der Waals surface area contributed by atoms with Crippen molar-refractivity contribution < 1.29 is 28.6 Å². The van der Waals surface area contributed by atoms with Gasteiger partial charge in [0.05, 0.1) is 0 Å². The first-order valence-corrected chi connectivity index (χ1v) is 25.6. The van der Waals surface area contributed by atoms with E-state index in [9.17, 15) is 14.4 Å². The van der Waals surface area contributed by atoms with E-state index in [-0.39, 0.29) is 31.1 Å². The summed E-state index contributed by atoms with van der Waals surface area (Å²) in [7, 11) is 0. The van der Waals surface area contributed by atoms with E-state index in [1.807, 2.05) is 0 Å². The second-order valence-corrected chi connectivity index (χ2v) is 17.1. The Kier molecular flexibility index (Phi) is 46.9. The van der Waals surface area contributed by atoms with Crippen LogP contribution in [0, 0.1) is 0 Å². The highest BCUT2D eigenvalue weighted by atomic mass is 16.6. The van der Waals surface area contributed by atoms with Gasteiger partial charge in [0.2, 0.25) is 0 Å². The molecule has 0 bridgehead atoms. The molecule has 0 aliphatic carbocycles. The molecule has 6 heteroatoms. The highest BCUT2D eigenvalue weighted by Gasteiger charge is 2.19. The Morgan fingerprint density at radius 2 is 0.650 bits per heavy atom. The highest BCUT2D eigenvalue weighted by molar-refractivity contribution is 5.71. The summed E-state index contributed by atoms with van der Waals surface area (Å²) in [4.78, 5) is 37.9. The van der Waals surface area contributed by atoms with Crippen LogP contribution >= 0.6 is 0 Å². The van der Waals surface area contributed by atoms with Crippen molar-refractivity contribution in [2.75, 3.05) is 13.2 Å². The van der Waals surface area contributed by atoms with E-state index in [1.165, 1.54) is 128 Å². The fraction of sp³-hybridized carbons (Fsp3) is 0.796. The summed E-state index contributed by atoms with van der Waals surface area (Å²) >= 11 is 0. The van der Waals surface area contributed by atoms with Gasteiger partial charge in [-0.1, -0.05) is 211 Å². The molecule has 0 radical (unpaired) electrons. The van der Waals surface area contributed by atoms with Gasteiger partial charge in [0.1, 0.15) is 13.2 Å². The molecule has 0 spiro atoms. The molecule has 0 heterocycles. The molecule has 0 amide bonds. The fourth-order valence-electron chi connectivity index (χ4n) is 7.22. The normalized spacial score (nSPS) is 12.4. The molecule has 0 aliphatic rings. The Morgan fingerprint density at radius 1 is 0.350 bits per heavy atom. The van der Waals surface area contributed by atoms with Crippen LogP contribution in [0.1, 0.15) is 258 Å². The molecule has 0 saturated heterocycles. The van der Waals surface area contributed by atoms with Gasteiger partial charge in [-0.05, 0) is 77.0 Å². The number of carbonyl (C=O) groups excluding carboxylic acids is 3. The second-order valence-electron chi connectivity index (χ2n) is 17.1. The molecule has 0 rings (SSSR count). The number of carbonyl (C=O) groups is 3. The summed E-state index contributed by atoms with van der Waals surface area (Å²) in [5.41, 5.74) is 0. The minimum absolute atomic E-state index is 0.0796. The maximum atomic E-state index is 12.8. The molecular formula is C54H96O6. The Hall–Kier alpha value is -2.63. The third-order valence-corrected chi connectivity index (χ3v) is 11.1. The van der Waals surface area contributed by atoms with Gasteiger partial charge in [-0.15, -0.1) is 0 Å². The van der Waals surface area contributed by atoms with Crippen molar-refractivity contribution in [2.45, 2.75) is 264 Å². The first-order chi connectivity index (χ1) is 29.5. The van der Waals surface area contributed by atoms with Crippen LogP contribution in [0.5, 0.6) is 0 Å². The molecule has 0 aromatic rings. The number of rotatable bonds is 46. The smallest absolute Gasteiger partial charge is 0.306 e. The third-order valence-electron chi connectivity index (χ3n) is 11.1. The molecule has 0 aliphatic heterocycles. The van der Waals surface area contributed by atoms with Gasteiger partial charge >= 0.3 is 17.9 Å². The van der Waals surface area contributed by atoms with Crippen molar-refractivity contribution >= 4 is 17.9 Å². The van der Waals surface area contributed by atoms with Gasteiger partial charge in [-0.25, -0.2) is 0 Å². The van der Waals surface area contributed by atoms with Crippen molar-refractivity contribution in [3.05, 3.63) is 48.6 Å². The third kappa shape index (κ3) is 46.4. The number of ether oxygens (including phenoxy) is 3. The average Bonchev–Trinajstić information content (AvgIpc) is 3.24. The van der Waals surface area contributed by atoms with E-state index in [4.69, 9.17) is 14.2 Å². The Morgan fingerprint density at radius 3 is 1.07 bits per heavy atom. The Labute approximate surface area is 371 Å². The van der Waals surface area contributed by atoms with Crippen LogP contribution in [0.15, 0.2) is 48.6 Å². The van der Waals surface area contributed by atoms with E-state index in [0.717, 1.165) is 89.9 Å². The maximum absolute atomic E-state index is 12.8. The lowest BCUT2D eigenvalue weighted by Gasteiger charge is -2.18. The molecule has 348 valence electrons. The lowest BCUT2D eigenvalue weighted by atomic mass is 10.0. The van der Waals surface area contributed by atoms with Gasteiger partial charge in [0.15, 0.2) is 6.10 Å². The van der Waals surface area contributed by atoms with E-state index in [0.29, 0.717) is 19.3 Å². The molecule has 1 unspecified atom stereocenters. The Bertz CT molecular complexity index is 1060. The van der Waals surface area contributed by atoms with Crippen molar-refractivity contribution in [3.8, 4) is 0 Å². The van der Waals surface area contributed by atoms with E-state index in [2.05, 4.69) is 69.4 Å². The standard InChI is InChI=1S/C54H96O6/c1-4-7-10-13-16-19-22-25-27-28-30-32-35-38-41-44-47-53(56)59-50-51(49-58-52(55)46-43-40-37-34-31-24-21-18-15-12-9-6-3)60-54(57)48-45-42-39-36-33-29-26-23-20-17-14-11-8-5-2/h7,10,16,18-19,21,25,27,51H,4-6,8-9,11-15,17,20,22-24,26,28-50H2,1-3H3/b10-7-,19-16-,21-18-,27-25-. The topological polar surface area (TPSA) is 78.9 Å². The van der Waals surface area contributed by atoms with E-state index in [1.54, 1.807) is 0 Å². The predicted molar refractivity (Wildman–Crippen MR) is 256 cm³/mol. The van der Waals surface area contributed by atoms with Gasteiger partial charge < -0.3 is 14.2 Å². The molecule has 0 saturated carbocycles. The first kappa shape index (κ1) is 57.4. The van der Waals surface area contributed by atoms with Gasteiger partial charge in [0, 0.05) is 19.3 Å². The van der Waals surface area contributed by atoms with Crippen LogP contribution in [-0.4, -0.2) is 37.2 Å². The molecule has 0 aromatic heterocycles. The maximum Gasteiger partial charge on any atom is 0.306 e. The zero-order valence-corrected chi connectivity index (χ0v) is 39.7. The van der Waals surface area contributed by atoms with Crippen molar-refractivity contribution in [2.24, 2.45) is 0 Å². The Balaban J connectivity index is 4.38. The van der Waals surface area contributed by atoms with E-state index >= 15 is 0 Å². The van der Waals surface area contributed by atoms with Crippen LogP contribution in [0.2, 0.25) is 0 Å². The average molecular weight is 841 g/mol. The van der Waals surface area contributed by atoms with Gasteiger partial charge in [-0.2, -0.15) is 0 Å². The number of unbranched alkanes of at least 4 members (excludes halogenated alkanes) is 27. The van der Waals surface area contributed by atoms with Gasteiger partial charge in [-0.3, -0.25) is 14.4 Å². The minimum atomic E-state index is -0.778. The quantitative estimate of drug-likeness (QED) is 0.0263. The lowest BCUT2D eigenvalue weighted by molar-refractivity contribution is -0.167. The lowest BCUT2D eigenvalue weighted by Crippen LogP contribution is -2.30. The van der Waals surface area contributed by atoms with E-state index < -0.39 is 6.10 Å². The predicted octanol–water partition coefficient (Wildman–Crippen LogP) is 16.7. The molecular weight excluding hydrogens is 745 g/mol. The molecule has 0 fully saturated rings. The van der Waals surface area contributed by atoms with Crippen LogP contribution in [0.25, 0.3) is 0 Å². The molecule has 1 atom stereocenters. The van der Waals surface area contributed by atoms with Gasteiger partial charge in [0.25, 0.3) is 0 Å². The van der Waals surface area contributed by atoms with Crippen molar-refractivity contribution in [1.82, 2.24) is 0 Å². The summed E-state index contributed by atoms with van der Waals surface area (Å²) in [5.74, 6) is -0.893. The summed E-state index contributed by atoms with van der Waals surface area (Å²) in [6.07, 6.45) is 58.0. The van der Waals surface area contributed by atoms with Crippen molar-refractivity contribution in [1.29, 1.82) is 0 Å². The minimum Gasteiger partial charge on any atom is -0.462 e. The fourth-order valence-corrected chi connectivity index (χ4v) is 7.22. The summed E-state index contributed by atoms with van der Waals surface area (Å²) in [6, 6.07) is 0. The highest BCUT2D eigenvalue weighted by Crippen LogP contribution is 2.15. The van der Waals surface area contributed by atoms with Crippen LogP contribution in [-0.2, 0) is 28.6 Å². The summed E-state index contributed by atoms with van der Waals surface area (Å²) in [5, 5.41) is 0. The number of hydrogen-bond donors (Lipinski definition) is 0. The number of esters is 3. The van der Waals surface area contributed by atoms with Crippen LogP contribution in [0.4, 0.5) is 0 Å². The molecule has 0 aromatic carbocycles. The largest absolute Gasteiger partial charge is 0.462 e. The second kappa shape index (κ2) is 49.0. The monoisotopic (exact) mass is 841 g/mol.